The summed E-state index contributed by atoms with van der Waals surface area (Å²) in [6.45, 7) is 2.43. The van der Waals surface area contributed by atoms with E-state index in [1.807, 2.05) is 43.3 Å². The molecule has 1 aromatic heterocycles. The van der Waals surface area contributed by atoms with Gasteiger partial charge < -0.3 is 15.1 Å². The number of thiocarbonyl (C=S) groups is 1. The van der Waals surface area contributed by atoms with Crippen molar-refractivity contribution in [3.63, 3.8) is 0 Å². The number of carbonyl (C=O) groups is 2. The molecular weight excluding hydrogens is 402 g/mol. The van der Waals surface area contributed by atoms with Crippen molar-refractivity contribution >= 4 is 46.3 Å². The van der Waals surface area contributed by atoms with E-state index < -0.39 is 0 Å². The number of amides is 1. The van der Waals surface area contributed by atoms with Crippen LogP contribution in [0.2, 0.25) is 0 Å². The quantitative estimate of drug-likeness (QED) is 0.567. The van der Waals surface area contributed by atoms with Gasteiger partial charge in [-0.05, 0) is 68.5 Å². The fourth-order valence-corrected chi connectivity index (χ4v) is 4.83. The Bertz CT molecular complexity index is 1020. The van der Waals surface area contributed by atoms with Gasteiger partial charge in [0, 0.05) is 28.4 Å². The topological polar surface area (TPSA) is 52.6 Å². The zero-order valence-corrected chi connectivity index (χ0v) is 18.2. The van der Waals surface area contributed by atoms with E-state index in [1.54, 1.807) is 11.3 Å². The lowest BCUT2D eigenvalue weighted by Crippen LogP contribution is -2.27. The summed E-state index contributed by atoms with van der Waals surface area (Å²) in [6.07, 6.45) is 3.13. The van der Waals surface area contributed by atoms with Crippen molar-refractivity contribution in [3.05, 3.63) is 52.0 Å². The van der Waals surface area contributed by atoms with Crippen LogP contribution >= 0.6 is 23.6 Å². The van der Waals surface area contributed by atoms with Gasteiger partial charge in [0.05, 0.1) is 17.1 Å². The third-order valence-electron chi connectivity index (χ3n) is 5.11. The number of ketones is 1. The lowest BCUT2D eigenvalue weighted by Gasteiger charge is -2.17. The lowest BCUT2D eigenvalue weighted by atomic mass is 10.1. The monoisotopic (exact) mass is 425 g/mol. The van der Waals surface area contributed by atoms with E-state index in [1.165, 1.54) is 0 Å². The second-order valence-electron chi connectivity index (χ2n) is 7.66. The summed E-state index contributed by atoms with van der Waals surface area (Å²) in [7, 11) is 4.09. The summed E-state index contributed by atoms with van der Waals surface area (Å²) in [5.74, 6) is 0.166. The number of Topliss-reactive ketones (excluding diaryl/α,β-unsaturated/α-hetero) is 1. The Morgan fingerprint density at radius 1 is 1.24 bits per heavy atom. The van der Waals surface area contributed by atoms with Crippen LogP contribution in [0.15, 0.2) is 36.0 Å². The van der Waals surface area contributed by atoms with Crippen molar-refractivity contribution in [1.29, 1.82) is 0 Å². The SMILES string of the molecule is CN(C)CCCN1Cc2cc(-c3ccc(/C=C4/NC(=S)CC4=O)s3)ccc2C1=O. The Hall–Kier alpha value is -2.35. The number of nitrogens with zero attached hydrogens (tertiary/aromatic N) is 2. The average molecular weight is 426 g/mol. The second kappa shape index (κ2) is 8.18. The molecule has 2 aliphatic heterocycles. The van der Waals surface area contributed by atoms with Gasteiger partial charge in [-0.15, -0.1) is 11.3 Å². The number of rotatable bonds is 6. The van der Waals surface area contributed by atoms with Gasteiger partial charge in [0.2, 0.25) is 0 Å². The van der Waals surface area contributed by atoms with Gasteiger partial charge in [-0.25, -0.2) is 0 Å². The molecule has 0 unspecified atom stereocenters. The first-order chi connectivity index (χ1) is 13.9. The van der Waals surface area contributed by atoms with Crippen molar-refractivity contribution in [1.82, 2.24) is 15.1 Å². The smallest absolute Gasteiger partial charge is 0.254 e. The van der Waals surface area contributed by atoms with E-state index in [-0.39, 0.29) is 11.7 Å². The van der Waals surface area contributed by atoms with E-state index in [0.717, 1.165) is 46.0 Å². The highest BCUT2D eigenvalue weighted by molar-refractivity contribution is 7.80. The Morgan fingerprint density at radius 3 is 2.79 bits per heavy atom. The lowest BCUT2D eigenvalue weighted by molar-refractivity contribution is -0.114. The van der Waals surface area contributed by atoms with Crippen LogP contribution in [0.4, 0.5) is 0 Å². The summed E-state index contributed by atoms with van der Waals surface area (Å²) in [4.78, 5) is 31.3. The van der Waals surface area contributed by atoms with Crippen LogP contribution in [0.1, 0.15) is 33.6 Å². The van der Waals surface area contributed by atoms with Crippen molar-refractivity contribution in [2.45, 2.75) is 19.4 Å². The van der Waals surface area contributed by atoms with Crippen LogP contribution in [0.5, 0.6) is 0 Å². The summed E-state index contributed by atoms with van der Waals surface area (Å²) in [5.41, 5.74) is 3.56. The van der Waals surface area contributed by atoms with Gasteiger partial charge in [0.25, 0.3) is 5.91 Å². The Balaban J connectivity index is 1.49. The summed E-state index contributed by atoms with van der Waals surface area (Å²) in [6, 6.07) is 10.1. The maximum atomic E-state index is 12.6. The molecular formula is C22H23N3O2S2. The molecule has 1 amide bonds. The normalized spacial score (nSPS) is 17.6. The standard InChI is InChI=1S/C22H23N3O2S2/c1-24(2)8-3-9-25-13-15-10-14(4-6-17(15)22(25)27)20-7-5-16(29-20)11-18-19(26)12-21(28)23-18/h4-7,10-11H,3,8-9,12-13H2,1-2H3,(H,23,28)/b18-11+. The third kappa shape index (κ3) is 4.32. The van der Waals surface area contributed by atoms with Crippen LogP contribution in [0, 0.1) is 0 Å². The van der Waals surface area contributed by atoms with Crippen LogP contribution < -0.4 is 5.32 Å². The van der Waals surface area contributed by atoms with E-state index in [2.05, 4.69) is 22.3 Å². The molecule has 0 spiro atoms. The van der Waals surface area contributed by atoms with Crippen LogP contribution in [-0.2, 0) is 11.3 Å². The maximum Gasteiger partial charge on any atom is 0.254 e. The third-order valence-corrected chi connectivity index (χ3v) is 6.44. The van der Waals surface area contributed by atoms with Crippen molar-refractivity contribution in [2.75, 3.05) is 27.2 Å². The highest BCUT2D eigenvalue weighted by atomic mass is 32.1. The van der Waals surface area contributed by atoms with E-state index in [9.17, 15) is 9.59 Å². The fraction of sp³-hybridized carbons (Fsp3) is 0.318. The maximum absolute atomic E-state index is 12.6. The first-order valence-corrected chi connectivity index (χ1v) is 10.8. The van der Waals surface area contributed by atoms with Crippen LogP contribution in [0.25, 0.3) is 16.5 Å². The average Bonchev–Trinajstić information content (AvgIpc) is 3.34. The van der Waals surface area contributed by atoms with E-state index in [4.69, 9.17) is 12.2 Å². The van der Waals surface area contributed by atoms with Crippen molar-refractivity contribution < 1.29 is 9.59 Å². The number of fused-ring (bicyclic) bond motifs is 1. The first-order valence-electron chi connectivity index (χ1n) is 9.62. The highest BCUT2D eigenvalue weighted by Gasteiger charge is 2.27. The fourth-order valence-electron chi connectivity index (χ4n) is 3.64. The largest absolute Gasteiger partial charge is 0.347 e. The van der Waals surface area contributed by atoms with E-state index in [0.29, 0.717) is 23.7 Å². The molecule has 150 valence electrons. The number of carbonyl (C=O) groups excluding carboxylic acids is 2. The molecule has 7 heteroatoms. The molecule has 2 aromatic rings. The molecule has 0 saturated carbocycles. The van der Waals surface area contributed by atoms with Crippen LogP contribution in [-0.4, -0.2) is 53.7 Å². The highest BCUT2D eigenvalue weighted by Crippen LogP contribution is 2.33. The number of hydrogen-bond acceptors (Lipinski definition) is 5. The number of allylic oxidation sites excluding steroid dienone is 1. The Labute approximate surface area is 180 Å². The van der Waals surface area contributed by atoms with Gasteiger partial charge >= 0.3 is 0 Å². The molecule has 1 aromatic carbocycles. The number of hydrogen-bond donors (Lipinski definition) is 1. The Morgan fingerprint density at radius 2 is 2.07 bits per heavy atom. The van der Waals surface area contributed by atoms with Gasteiger partial charge in [-0.3, -0.25) is 9.59 Å². The summed E-state index contributed by atoms with van der Waals surface area (Å²) < 4.78 is 0. The molecule has 29 heavy (non-hydrogen) atoms. The molecule has 1 N–H and O–H groups in total. The van der Waals surface area contributed by atoms with Crippen LogP contribution in [0.3, 0.4) is 0 Å². The molecule has 0 bridgehead atoms. The van der Waals surface area contributed by atoms with Gasteiger partial charge in [0.15, 0.2) is 5.78 Å². The minimum Gasteiger partial charge on any atom is -0.347 e. The zero-order valence-electron chi connectivity index (χ0n) is 16.5. The molecule has 1 fully saturated rings. The predicted octanol–water partition coefficient (Wildman–Crippen LogP) is 3.55. The molecule has 4 rings (SSSR count). The zero-order chi connectivity index (χ0) is 20.5. The number of benzene rings is 1. The van der Waals surface area contributed by atoms with Crippen molar-refractivity contribution in [3.8, 4) is 10.4 Å². The summed E-state index contributed by atoms with van der Waals surface area (Å²) >= 11 is 6.70. The molecule has 1 saturated heterocycles. The molecule has 0 atom stereocenters. The molecule has 0 radical (unpaired) electrons. The van der Waals surface area contributed by atoms with Crippen molar-refractivity contribution in [2.24, 2.45) is 0 Å². The first kappa shape index (κ1) is 19.9. The minimum absolute atomic E-state index is 0.0374. The molecule has 2 aliphatic rings. The molecule has 3 heterocycles. The number of nitrogens with one attached hydrogen (secondary N) is 1. The minimum atomic E-state index is 0.0374. The second-order valence-corrected chi connectivity index (χ2v) is 9.27. The number of thiophene rings is 1. The Kier molecular flexibility index (Phi) is 5.63. The molecule has 0 aliphatic carbocycles. The summed E-state index contributed by atoms with van der Waals surface area (Å²) in [5, 5.41) is 2.97. The van der Waals surface area contributed by atoms with Gasteiger partial charge in [-0.1, -0.05) is 18.3 Å². The molecule has 5 nitrogen and oxygen atoms in total. The predicted molar refractivity (Wildman–Crippen MR) is 121 cm³/mol. The van der Waals surface area contributed by atoms with Gasteiger partial charge in [-0.2, -0.15) is 0 Å². The van der Waals surface area contributed by atoms with Gasteiger partial charge in [0.1, 0.15) is 0 Å². The van der Waals surface area contributed by atoms with E-state index >= 15 is 0 Å².